The van der Waals surface area contributed by atoms with E-state index in [1.54, 1.807) is 13.2 Å². The summed E-state index contributed by atoms with van der Waals surface area (Å²) in [6.07, 6.45) is 3.67. The summed E-state index contributed by atoms with van der Waals surface area (Å²) >= 11 is 1.10. The topological polar surface area (TPSA) is 115 Å². The van der Waals surface area contributed by atoms with Crippen molar-refractivity contribution in [1.29, 1.82) is 0 Å². The fourth-order valence-electron chi connectivity index (χ4n) is 7.58. The maximum absolute atomic E-state index is 14.6. The summed E-state index contributed by atoms with van der Waals surface area (Å²) in [7, 11) is 1.56. The van der Waals surface area contributed by atoms with Gasteiger partial charge in [-0.2, -0.15) is 9.97 Å². The van der Waals surface area contributed by atoms with Crippen molar-refractivity contribution in [3.05, 3.63) is 24.0 Å². The second-order valence-corrected chi connectivity index (χ2v) is 12.9. The number of thiazole rings is 1. The van der Waals surface area contributed by atoms with Crippen LogP contribution in [0.4, 0.5) is 19.7 Å². The first-order valence-electron chi connectivity index (χ1n) is 14.5. The third-order valence-electron chi connectivity index (χ3n) is 9.45. The van der Waals surface area contributed by atoms with Crippen LogP contribution in [0.1, 0.15) is 32.1 Å². The van der Waals surface area contributed by atoms with Crippen LogP contribution in [-0.2, 0) is 0 Å². The highest BCUT2D eigenvalue weighted by Gasteiger charge is 2.49. The van der Waals surface area contributed by atoms with E-state index in [1.165, 1.54) is 6.07 Å². The summed E-state index contributed by atoms with van der Waals surface area (Å²) in [5, 5.41) is 3.81. The smallest absolute Gasteiger partial charge is 0.319 e. The van der Waals surface area contributed by atoms with Crippen molar-refractivity contribution in [3.8, 4) is 23.0 Å². The number of piperazine rings is 1. The number of rotatable bonds is 6. The zero-order valence-corrected chi connectivity index (χ0v) is 24.1. The fourth-order valence-corrected chi connectivity index (χ4v) is 8.35. The van der Waals surface area contributed by atoms with Crippen LogP contribution >= 0.6 is 11.3 Å². The number of pyridine rings is 1. The Hall–Kier alpha value is -3.42. The number of alkyl halides is 1. The summed E-state index contributed by atoms with van der Waals surface area (Å²) < 4.78 is 41.6. The maximum atomic E-state index is 14.6. The van der Waals surface area contributed by atoms with Crippen LogP contribution in [0.3, 0.4) is 0 Å². The van der Waals surface area contributed by atoms with Gasteiger partial charge in [0.15, 0.2) is 10.9 Å². The number of nitrogen functional groups attached to an aromatic ring is 1. The van der Waals surface area contributed by atoms with Gasteiger partial charge in [-0.25, -0.2) is 18.7 Å². The molecule has 0 saturated carbocycles. The van der Waals surface area contributed by atoms with Crippen LogP contribution in [0.5, 0.6) is 11.9 Å². The lowest BCUT2D eigenvalue weighted by molar-refractivity contribution is 0.107. The number of fused-ring (bicyclic) bond motifs is 5. The van der Waals surface area contributed by atoms with Crippen molar-refractivity contribution in [2.24, 2.45) is 0 Å². The molecule has 3 N–H and O–H groups in total. The largest absolute Gasteiger partial charge is 0.481 e. The van der Waals surface area contributed by atoms with E-state index in [9.17, 15) is 8.78 Å². The molecular weight excluding hydrogens is 562 g/mol. The van der Waals surface area contributed by atoms with Gasteiger partial charge in [0, 0.05) is 49.3 Å². The van der Waals surface area contributed by atoms with E-state index in [-0.39, 0.29) is 34.6 Å². The quantitative estimate of drug-likeness (QED) is 0.340. The molecule has 1 aromatic carbocycles. The van der Waals surface area contributed by atoms with E-state index in [0.29, 0.717) is 63.6 Å². The zero-order chi connectivity index (χ0) is 28.6. The van der Waals surface area contributed by atoms with Crippen LogP contribution < -0.4 is 25.4 Å². The number of benzene rings is 1. The van der Waals surface area contributed by atoms with Gasteiger partial charge in [-0.3, -0.25) is 4.90 Å². The second kappa shape index (κ2) is 9.81. The number of nitrogens with zero attached hydrogens (tertiary/aromatic N) is 6. The molecule has 2 bridgehead atoms. The molecule has 0 spiro atoms. The molecule has 220 valence electrons. The summed E-state index contributed by atoms with van der Waals surface area (Å²) in [6.45, 7) is 3.40. The number of aromatic nitrogens is 4. The molecular formula is C29H32F2N8O2S. The van der Waals surface area contributed by atoms with Gasteiger partial charge >= 0.3 is 6.01 Å². The molecule has 3 aromatic heterocycles. The lowest BCUT2D eigenvalue weighted by atomic mass is 9.95. The minimum atomic E-state index is -0.843. The molecule has 10 nitrogen and oxygen atoms in total. The molecule has 4 fully saturated rings. The Labute approximate surface area is 245 Å². The SMILES string of the molecule is COc1nc2c(N3C4CCC3CNC4)nc(OC[C@@]34CCCN3C[C@H](F)C4)nc2cc1-c1ccc(F)c2sc(N)nc12. The number of hydrogen-bond acceptors (Lipinski definition) is 11. The van der Waals surface area contributed by atoms with Gasteiger partial charge in [-0.15, -0.1) is 0 Å². The number of nitrogens with one attached hydrogen (secondary N) is 1. The van der Waals surface area contributed by atoms with Crippen molar-refractivity contribution in [1.82, 2.24) is 30.2 Å². The number of hydrogen-bond donors (Lipinski definition) is 2. The van der Waals surface area contributed by atoms with Crippen LogP contribution in [0.2, 0.25) is 0 Å². The Bertz CT molecular complexity index is 1690. The van der Waals surface area contributed by atoms with Gasteiger partial charge in [0.2, 0.25) is 5.88 Å². The summed E-state index contributed by atoms with van der Waals surface area (Å²) in [6, 6.07) is 5.77. The molecule has 8 rings (SSSR count). The Balaban J connectivity index is 1.27. The summed E-state index contributed by atoms with van der Waals surface area (Å²) in [5.41, 5.74) is 8.57. The van der Waals surface area contributed by atoms with E-state index in [2.05, 4.69) is 20.1 Å². The molecule has 0 amide bonds. The van der Waals surface area contributed by atoms with Gasteiger partial charge in [0.25, 0.3) is 0 Å². The first-order chi connectivity index (χ1) is 20.4. The van der Waals surface area contributed by atoms with Gasteiger partial charge < -0.3 is 25.4 Å². The number of anilines is 2. The molecule has 0 aliphatic carbocycles. The Kier molecular flexibility index (Phi) is 6.13. The van der Waals surface area contributed by atoms with Gasteiger partial charge in [-0.1, -0.05) is 11.3 Å². The number of nitrogens with two attached hydrogens (primary N) is 1. The van der Waals surface area contributed by atoms with E-state index in [0.717, 1.165) is 56.7 Å². The van der Waals surface area contributed by atoms with Crippen molar-refractivity contribution in [2.45, 2.75) is 55.9 Å². The standard InChI is InChI=1S/C29H32F2N8O2S/c1-40-26-19(18-5-6-20(31)24-22(18)36-27(32)42-24)9-21-23(35-26)25(39-16-3-4-17(39)12-33-11-16)37-28(34-21)41-14-29-7-2-8-38(29)13-15(30)10-29/h5-6,9,15-17,33H,2-4,7-8,10-14H2,1H3,(H2,32,36)/t15-,16?,17?,29+/m1/s1. The highest BCUT2D eigenvalue weighted by molar-refractivity contribution is 7.22. The van der Waals surface area contributed by atoms with Crippen molar-refractivity contribution < 1.29 is 18.3 Å². The Morgan fingerprint density at radius 2 is 1.95 bits per heavy atom. The Morgan fingerprint density at radius 3 is 2.76 bits per heavy atom. The van der Waals surface area contributed by atoms with Crippen LogP contribution in [-0.4, -0.2) is 88.5 Å². The molecule has 2 unspecified atom stereocenters. The predicted molar refractivity (Wildman–Crippen MR) is 158 cm³/mol. The second-order valence-electron chi connectivity index (χ2n) is 11.9. The summed E-state index contributed by atoms with van der Waals surface area (Å²) in [5.74, 6) is 0.697. The average molecular weight is 595 g/mol. The molecule has 4 atom stereocenters. The normalized spacial score (nSPS) is 27.3. The zero-order valence-electron chi connectivity index (χ0n) is 23.3. The molecule has 4 aromatic rings. The van der Waals surface area contributed by atoms with Crippen molar-refractivity contribution >= 4 is 43.5 Å². The first kappa shape index (κ1) is 26.2. The number of halogens is 2. The Morgan fingerprint density at radius 1 is 1.12 bits per heavy atom. The van der Waals surface area contributed by atoms with E-state index >= 15 is 0 Å². The van der Waals surface area contributed by atoms with Crippen molar-refractivity contribution in [3.63, 3.8) is 0 Å². The van der Waals surface area contributed by atoms with Crippen LogP contribution in [0.25, 0.3) is 32.4 Å². The van der Waals surface area contributed by atoms with Gasteiger partial charge in [0.05, 0.1) is 28.4 Å². The van der Waals surface area contributed by atoms with E-state index in [1.807, 2.05) is 6.07 Å². The molecule has 13 heteroatoms. The molecule has 4 saturated heterocycles. The van der Waals surface area contributed by atoms with Crippen molar-refractivity contribution in [2.75, 3.05) is 50.5 Å². The van der Waals surface area contributed by atoms with Crippen LogP contribution in [0.15, 0.2) is 18.2 Å². The highest BCUT2D eigenvalue weighted by Crippen LogP contribution is 2.43. The minimum Gasteiger partial charge on any atom is -0.481 e. The lowest BCUT2D eigenvalue weighted by Gasteiger charge is -2.36. The highest BCUT2D eigenvalue weighted by atomic mass is 32.1. The third-order valence-corrected chi connectivity index (χ3v) is 10.3. The predicted octanol–water partition coefficient (Wildman–Crippen LogP) is 3.93. The molecule has 42 heavy (non-hydrogen) atoms. The minimum absolute atomic E-state index is 0.249. The maximum Gasteiger partial charge on any atom is 0.319 e. The summed E-state index contributed by atoms with van der Waals surface area (Å²) in [4.78, 5) is 23.7. The molecule has 4 aliphatic heterocycles. The molecule has 7 heterocycles. The van der Waals surface area contributed by atoms with Gasteiger partial charge in [-0.05, 0) is 50.4 Å². The van der Waals surface area contributed by atoms with E-state index in [4.69, 9.17) is 30.2 Å². The first-order valence-corrected chi connectivity index (χ1v) is 15.4. The van der Waals surface area contributed by atoms with Crippen LogP contribution in [0, 0.1) is 5.82 Å². The monoisotopic (exact) mass is 594 g/mol. The third kappa shape index (κ3) is 4.08. The molecule has 4 aliphatic rings. The molecule has 0 radical (unpaired) electrons. The number of ether oxygens (including phenoxy) is 2. The van der Waals surface area contributed by atoms with E-state index < -0.39 is 6.17 Å². The fraction of sp³-hybridized carbons (Fsp3) is 0.517. The van der Waals surface area contributed by atoms with Gasteiger partial charge in [0.1, 0.15) is 24.1 Å². The lowest BCUT2D eigenvalue weighted by Crippen LogP contribution is -2.52. The number of methoxy groups -OCH3 is 1. The average Bonchev–Trinajstić information content (AvgIpc) is 3.70.